The van der Waals surface area contributed by atoms with Crippen molar-refractivity contribution in [2.24, 2.45) is 11.8 Å². The third-order valence-electron chi connectivity index (χ3n) is 3.98. The van der Waals surface area contributed by atoms with E-state index in [1.807, 2.05) is 13.0 Å². The van der Waals surface area contributed by atoms with Gasteiger partial charge in [0.05, 0.1) is 11.8 Å². The lowest BCUT2D eigenvalue weighted by Gasteiger charge is -2.18. The molecule has 0 saturated carbocycles. The molecule has 108 valence electrons. The Morgan fingerprint density at radius 2 is 1.90 bits per heavy atom. The molecule has 0 aromatic carbocycles. The first-order chi connectivity index (χ1) is 10.1. The van der Waals surface area contributed by atoms with Crippen LogP contribution in [0.1, 0.15) is 30.1 Å². The topological polar surface area (TPSA) is 79.4 Å². The molecule has 1 saturated heterocycles. The minimum absolute atomic E-state index is 0.320. The monoisotopic (exact) mass is 285 g/mol. The van der Waals surface area contributed by atoms with E-state index in [9.17, 15) is 14.4 Å². The molecule has 1 aliphatic carbocycles. The van der Waals surface area contributed by atoms with Crippen LogP contribution in [0.4, 0.5) is 0 Å². The Morgan fingerprint density at radius 1 is 1.24 bits per heavy atom. The smallest absolute Gasteiger partial charge is 0.270 e. The number of nitrogens with zero attached hydrogens (tertiary/aromatic N) is 2. The van der Waals surface area contributed by atoms with Crippen LogP contribution in [0.25, 0.3) is 0 Å². The van der Waals surface area contributed by atoms with Crippen molar-refractivity contribution in [1.29, 1.82) is 0 Å². The summed E-state index contributed by atoms with van der Waals surface area (Å²) in [7, 11) is 0. The van der Waals surface area contributed by atoms with E-state index in [1.54, 1.807) is 0 Å². The van der Waals surface area contributed by atoms with E-state index in [-0.39, 0.29) is 23.7 Å². The normalized spacial score (nSPS) is 24.6. The van der Waals surface area contributed by atoms with Crippen molar-refractivity contribution in [2.45, 2.75) is 19.8 Å². The first kappa shape index (κ1) is 13.5. The summed E-state index contributed by atoms with van der Waals surface area (Å²) < 4.78 is 0. The molecule has 1 aromatic heterocycles. The van der Waals surface area contributed by atoms with Crippen molar-refractivity contribution in [3.8, 4) is 0 Å². The zero-order valence-corrected chi connectivity index (χ0v) is 11.6. The Labute approximate surface area is 121 Å². The van der Waals surface area contributed by atoms with Gasteiger partial charge in [-0.1, -0.05) is 11.6 Å². The number of fused-ring (bicyclic) bond motifs is 1. The highest BCUT2D eigenvalue weighted by atomic mass is 16.2. The van der Waals surface area contributed by atoms with Gasteiger partial charge in [-0.2, -0.15) is 5.01 Å². The van der Waals surface area contributed by atoms with E-state index in [1.165, 1.54) is 24.5 Å². The summed E-state index contributed by atoms with van der Waals surface area (Å²) in [5, 5.41) is 0.879. The van der Waals surface area contributed by atoms with Gasteiger partial charge in [0.15, 0.2) is 0 Å². The molecule has 1 fully saturated rings. The van der Waals surface area contributed by atoms with E-state index < -0.39 is 5.91 Å². The minimum Gasteiger partial charge on any atom is -0.272 e. The average Bonchev–Trinajstić information content (AvgIpc) is 2.73. The van der Waals surface area contributed by atoms with Crippen LogP contribution in [0.2, 0.25) is 0 Å². The molecule has 3 rings (SSSR count). The third-order valence-corrected chi connectivity index (χ3v) is 3.98. The number of aromatic nitrogens is 1. The fourth-order valence-electron chi connectivity index (χ4n) is 2.82. The van der Waals surface area contributed by atoms with Crippen LogP contribution in [0.5, 0.6) is 0 Å². The summed E-state index contributed by atoms with van der Waals surface area (Å²) in [4.78, 5) is 40.5. The second-order valence-corrected chi connectivity index (χ2v) is 5.39. The number of carbonyl (C=O) groups excluding carboxylic acids is 3. The van der Waals surface area contributed by atoms with Gasteiger partial charge in [0.1, 0.15) is 0 Å². The van der Waals surface area contributed by atoms with Crippen LogP contribution in [-0.2, 0) is 9.59 Å². The maximum absolute atomic E-state index is 12.3. The fourth-order valence-corrected chi connectivity index (χ4v) is 2.82. The number of imide groups is 1. The molecule has 0 spiro atoms. The molecule has 0 radical (unpaired) electrons. The van der Waals surface area contributed by atoms with Crippen molar-refractivity contribution in [2.75, 3.05) is 0 Å². The number of hydrogen-bond donors (Lipinski definition) is 1. The molecule has 0 bridgehead atoms. The second-order valence-electron chi connectivity index (χ2n) is 5.39. The average molecular weight is 285 g/mol. The van der Waals surface area contributed by atoms with Crippen LogP contribution >= 0.6 is 0 Å². The predicted octanol–water partition coefficient (Wildman–Crippen LogP) is 1.07. The van der Waals surface area contributed by atoms with Crippen molar-refractivity contribution >= 4 is 17.7 Å². The molecule has 6 heteroatoms. The quantitative estimate of drug-likeness (QED) is 0.651. The molecule has 2 aliphatic rings. The first-order valence-electron chi connectivity index (χ1n) is 6.82. The van der Waals surface area contributed by atoms with Gasteiger partial charge in [-0.3, -0.25) is 24.8 Å². The summed E-state index contributed by atoms with van der Waals surface area (Å²) in [6.45, 7) is 1.95. The Kier molecular flexibility index (Phi) is 3.29. The standard InChI is InChI=1S/C15H15N3O3/c1-9-2-3-11-12(8-9)15(21)18(14(11)20)17-13(19)10-4-6-16-7-5-10/h2,4-7,11-12H,3,8H2,1H3,(H,17,19). The highest BCUT2D eigenvalue weighted by Crippen LogP contribution is 2.36. The van der Waals surface area contributed by atoms with Gasteiger partial charge in [-0.25, -0.2) is 0 Å². The van der Waals surface area contributed by atoms with Crippen molar-refractivity contribution < 1.29 is 14.4 Å². The zero-order valence-electron chi connectivity index (χ0n) is 11.6. The highest BCUT2D eigenvalue weighted by molar-refractivity contribution is 6.08. The number of pyridine rings is 1. The Balaban J connectivity index is 1.77. The maximum atomic E-state index is 12.3. The van der Waals surface area contributed by atoms with Gasteiger partial charge in [-0.05, 0) is 31.9 Å². The highest BCUT2D eigenvalue weighted by Gasteiger charge is 2.48. The molecule has 1 aliphatic heterocycles. The lowest BCUT2D eigenvalue weighted by Crippen LogP contribution is -2.46. The third kappa shape index (κ3) is 2.33. The lowest BCUT2D eigenvalue weighted by molar-refractivity contribution is -0.142. The summed E-state index contributed by atoms with van der Waals surface area (Å²) >= 11 is 0. The van der Waals surface area contributed by atoms with Gasteiger partial charge < -0.3 is 0 Å². The zero-order chi connectivity index (χ0) is 15.0. The SMILES string of the molecule is CC1=CCC2C(=O)N(NC(=O)c3ccncc3)C(=O)C2C1. The molecular weight excluding hydrogens is 270 g/mol. The van der Waals surface area contributed by atoms with E-state index in [0.29, 0.717) is 18.4 Å². The van der Waals surface area contributed by atoms with Crippen LogP contribution in [0.15, 0.2) is 36.2 Å². The van der Waals surface area contributed by atoms with Gasteiger partial charge in [-0.15, -0.1) is 0 Å². The number of allylic oxidation sites excluding steroid dienone is 2. The van der Waals surface area contributed by atoms with E-state index >= 15 is 0 Å². The van der Waals surface area contributed by atoms with E-state index in [0.717, 1.165) is 10.6 Å². The van der Waals surface area contributed by atoms with E-state index in [4.69, 9.17) is 0 Å². The summed E-state index contributed by atoms with van der Waals surface area (Å²) in [6.07, 6.45) is 6.09. The Morgan fingerprint density at radius 3 is 2.62 bits per heavy atom. The summed E-state index contributed by atoms with van der Waals surface area (Å²) in [5.41, 5.74) is 3.88. The predicted molar refractivity (Wildman–Crippen MR) is 73.5 cm³/mol. The Hall–Kier alpha value is -2.50. The lowest BCUT2D eigenvalue weighted by atomic mass is 9.82. The minimum atomic E-state index is -0.484. The second kappa shape index (κ2) is 5.12. The van der Waals surface area contributed by atoms with Crippen LogP contribution in [0, 0.1) is 11.8 Å². The van der Waals surface area contributed by atoms with E-state index in [2.05, 4.69) is 10.4 Å². The fraction of sp³-hybridized carbons (Fsp3) is 0.333. The molecular formula is C15H15N3O3. The first-order valence-corrected chi connectivity index (χ1v) is 6.82. The number of amides is 3. The molecule has 1 aromatic rings. The van der Waals surface area contributed by atoms with Gasteiger partial charge in [0, 0.05) is 18.0 Å². The Bertz CT molecular complexity index is 639. The van der Waals surface area contributed by atoms with Gasteiger partial charge in [0.2, 0.25) is 0 Å². The molecule has 21 heavy (non-hydrogen) atoms. The van der Waals surface area contributed by atoms with Crippen LogP contribution < -0.4 is 5.43 Å². The number of rotatable bonds is 2. The van der Waals surface area contributed by atoms with Crippen molar-refractivity contribution in [3.63, 3.8) is 0 Å². The van der Waals surface area contributed by atoms with Gasteiger partial charge in [0.25, 0.3) is 17.7 Å². The number of hydrazine groups is 1. The van der Waals surface area contributed by atoms with Crippen molar-refractivity contribution in [3.05, 3.63) is 41.7 Å². The largest absolute Gasteiger partial charge is 0.272 e. The molecule has 2 heterocycles. The van der Waals surface area contributed by atoms with Gasteiger partial charge >= 0.3 is 0 Å². The molecule has 6 nitrogen and oxygen atoms in total. The van der Waals surface area contributed by atoms with Crippen LogP contribution in [0.3, 0.4) is 0 Å². The number of hydrogen-bond acceptors (Lipinski definition) is 4. The summed E-state index contributed by atoms with van der Waals surface area (Å²) in [6, 6.07) is 3.05. The molecule has 2 atom stereocenters. The van der Waals surface area contributed by atoms with Crippen molar-refractivity contribution in [1.82, 2.24) is 15.4 Å². The number of carbonyl (C=O) groups is 3. The molecule has 1 N–H and O–H groups in total. The number of nitrogens with one attached hydrogen (secondary N) is 1. The maximum Gasteiger partial charge on any atom is 0.270 e. The van der Waals surface area contributed by atoms with Crippen LogP contribution in [-0.4, -0.2) is 27.7 Å². The molecule has 3 amide bonds. The summed E-state index contributed by atoms with van der Waals surface area (Å²) in [5.74, 6) is -1.82. The molecule has 2 unspecified atom stereocenters.